The highest BCUT2D eigenvalue weighted by Gasteiger charge is 2.47. The highest BCUT2D eigenvalue weighted by molar-refractivity contribution is 5.98. The molecule has 7 heteroatoms. The molecule has 1 saturated carbocycles. The number of hydrogen-bond donors (Lipinski definition) is 2. The molecule has 1 aliphatic heterocycles. The summed E-state index contributed by atoms with van der Waals surface area (Å²) in [5, 5.41) is 8.24. The number of likely N-dealkylation sites (tertiary alicyclic amines) is 1. The molecule has 1 atom stereocenters. The maximum Gasteiger partial charge on any atom is 0.412 e. The molecule has 0 radical (unpaired) electrons. The summed E-state index contributed by atoms with van der Waals surface area (Å²) in [4.78, 5) is 28.4. The van der Waals surface area contributed by atoms with E-state index in [1.54, 1.807) is 0 Å². The van der Waals surface area contributed by atoms with Crippen LogP contribution in [0.2, 0.25) is 0 Å². The lowest BCUT2D eigenvalue weighted by Crippen LogP contribution is -2.48. The first kappa shape index (κ1) is 26.0. The van der Waals surface area contributed by atoms with E-state index in [9.17, 15) is 9.59 Å². The summed E-state index contributed by atoms with van der Waals surface area (Å²) in [7, 11) is 2.10. The van der Waals surface area contributed by atoms with Crippen LogP contribution in [-0.2, 0) is 10.3 Å². The maximum absolute atomic E-state index is 13.6. The molecule has 2 fully saturated rings. The normalized spacial score (nSPS) is 18.4. The molecule has 38 heavy (non-hydrogen) atoms. The summed E-state index contributed by atoms with van der Waals surface area (Å²) < 4.78 is 11.5. The van der Waals surface area contributed by atoms with Crippen molar-refractivity contribution in [1.82, 2.24) is 10.2 Å². The zero-order chi connectivity index (χ0) is 27.1. The Hall–Kier alpha value is -3.58. The van der Waals surface area contributed by atoms with E-state index in [1.165, 1.54) is 0 Å². The standard InChI is InChI=1S/C31H37N3O4/c1-20-10-11-24(37-19-23-12-15-34(23)5)18-26(20)28(35)33-31(13-14-31)27-17-22(32-29(36)38-30(2,3)4)16-21-8-6-7-9-25(21)27/h6-11,16-18,23H,12-15,19H2,1-5H3,(H,32,36)(H,33,35). The van der Waals surface area contributed by atoms with Gasteiger partial charge in [-0.1, -0.05) is 30.3 Å². The maximum atomic E-state index is 13.6. The van der Waals surface area contributed by atoms with Crippen molar-refractivity contribution in [3.05, 3.63) is 71.3 Å². The molecule has 3 aromatic carbocycles. The van der Waals surface area contributed by atoms with Crippen molar-refractivity contribution < 1.29 is 19.1 Å². The molecule has 5 rings (SSSR count). The second-order valence-electron chi connectivity index (χ2n) is 11.6. The predicted octanol–water partition coefficient (Wildman–Crippen LogP) is 6.00. The van der Waals surface area contributed by atoms with E-state index in [4.69, 9.17) is 9.47 Å². The first-order valence-electron chi connectivity index (χ1n) is 13.3. The van der Waals surface area contributed by atoms with Crippen LogP contribution in [0.5, 0.6) is 5.75 Å². The minimum Gasteiger partial charge on any atom is -0.492 e. The minimum absolute atomic E-state index is 0.124. The van der Waals surface area contributed by atoms with Gasteiger partial charge in [0.2, 0.25) is 0 Å². The molecule has 2 amide bonds. The highest BCUT2D eigenvalue weighted by atomic mass is 16.6. The number of carbonyl (C=O) groups excluding carboxylic acids is 2. The van der Waals surface area contributed by atoms with Crippen molar-refractivity contribution in [3.8, 4) is 5.75 Å². The summed E-state index contributed by atoms with van der Waals surface area (Å²) >= 11 is 0. The minimum atomic E-state index is -0.598. The molecule has 3 aromatic rings. The summed E-state index contributed by atoms with van der Waals surface area (Å²) in [6.07, 6.45) is 2.27. The Morgan fingerprint density at radius 3 is 2.50 bits per heavy atom. The van der Waals surface area contributed by atoms with Crippen molar-refractivity contribution in [2.45, 2.75) is 64.1 Å². The third-order valence-corrected chi connectivity index (χ3v) is 7.46. The van der Waals surface area contributed by atoms with Crippen LogP contribution in [0.15, 0.2) is 54.6 Å². The molecule has 0 aromatic heterocycles. The number of benzene rings is 3. The van der Waals surface area contributed by atoms with Gasteiger partial charge in [0.05, 0.1) is 5.54 Å². The van der Waals surface area contributed by atoms with Gasteiger partial charge in [0.15, 0.2) is 0 Å². The summed E-state index contributed by atoms with van der Waals surface area (Å²) in [5.74, 6) is 0.584. The summed E-state index contributed by atoms with van der Waals surface area (Å²) in [6, 6.07) is 18.1. The molecule has 1 aliphatic carbocycles. The lowest BCUT2D eigenvalue weighted by atomic mass is 9.95. The van der Waals surface area contributed by atoms with Gasteiger partial charge in [0.1, 0.15) is 18.0 Å². The molecular weight excluding hydrogens is 478 g/mol. The number of likely N-dealkylation sites (N-methyl/N-ethyl adjacent to an activating group) is 1. The molecule has 0 bridgehead atoms. The topological polar surface area (TPSA) is 79.9 Å². The zero-order valence-electron chi connectivity index (χ0n) is 22.9. The van der Waals surface area contributed by atoms with E-state index in [0.717, 1.165) is 47.7 Å². The largest absolute Gasteiger partial charge is 0.492 e. The van der Waals surface area contributed by atoms with E-state index in [2.05, 4.69) is 28.6 Å². The smallest absolute Gasteiger partial charge is 0.412 e. The fourth-order valence-corrected chi connectivity index (χ4v) is 4.98. The average Bonchev–Trinajstić information content (AvgIpc) is 3.62. The number of nitrogens with zero attached hydrogens (tertiary/aromatic N) is 1. The number of carbonyl (C=O) groups is 2. The van der Waals surface area contributed by atoms with E-state index < -0.39 is 17.2 Å². The Balaban J connectivity index is 1.39. The number of fused-ring (bicyclic) bond motifs is 1. The Labute approximate surface area is 224 Å². The van der Waals surface area contributed by atoms with Crippen LogP contribution in [0.3, 0.4) is 0 Å². The Morgan fingerprint density at radius 1 is 1.08 bits per heavy atom. The van der Waals surface area contributed by atoms with E-state index >= 15 is 0 Å². The van der Waals surface area contributed by atoms with Gasteiger partial charge in [-0.2, -0.15) is 0 Å². The molecule has 1 heterocycles. The van der Waals surface area contributed by atoms with Gasteiger partial charge in [-0.05, 0) is 107 Å². The van der Waals surface area contributed by atoms with E-state index in [1.807, 2.05) is 76.2 Å². The van der Waals surface area contributed by atoms with Crippen LogP contribution in [-0.4, -0.2) is 48.7 Å². The number of aryl methyl sites for hydroxylation is 1. The predicted molar refractivity (Wildman–Crippen MR) is 150 cm³/mol. The summed E-state index contributed by atoms with van der Waals surface area (Å²) in [6.45, 7) is 9.16. The van der Waals surface area contributed by atoms with Gasteiger partial charge in [0, 0.05) is 17.3 Å². The molecule has 7 nitrogen and oxygen atoms in total. The second kappa shape index (κ2) is 9.95. The number of ether oxygens (including phenoxy) is 2. The number of hydrogen-bond acceptors (Lipinski definition) is 5. The van der Waals surface area contributed by atoms with E-state index in [-0.39, 0.29) is 5.91 Å². The van der Waals surface area contributed by atoms with Gasteiger partial charge in [-0.15, -0.1) is 0 Å². The van der Waals surface area contributed by atoms with Crippen molar-refractivity contribution in [1.29, 1.82) is 0 Å². The fourth-order valence-electron chi connectivity index (χ4n) is 4.98. The van der Waals surface area contributed by atoms with Crippen molar-refractivity contribution in [2.24, 2.45) is 0 Å². The zero-order valence-corrected chi connectivity index (χ0v) is 22.9. The lowest BCUT2D eigenvalue weighted by Gasteiger charge is -2.37. The van der Waals surface area contributed by atoms with E-state index in [0.29, 0.717) is 29.6 Å². The molecule has 2 aliphatic rings. The van der Waals surface area contributed by atoms with Gasteiger partial charge in [-0.25, -0.2) is 4.79 Å². The summed E-state index contributed by atoms with van der Waals surface area (Å²) in [5.41, 5.74) is 2.05. The number of amides is 2. The highest BCUT2D eigenvalue weighted by Crippen LogP contribution is 2.49. The molecular formula is C31H37N3O4. The van der Waals surface area contributed by atoms with Gasteiger partial charge in [-0.3, -0.25) is 15.0 Å². The molecule has 1 unspecified atom stereocenters. The van der Waals surface area contributed by atoms with Crippen molar-refractivity contribution in [2.75, 3.05) is 25.5 Å². The third-order valence-electron chi connectivity index (χ3n) is 7.46. The van der Waals surface area contributed by atoms with Crippen molar-refractivity contribution in [3.63, 3.8) is 0 Å². The van der Waals surface area contributed by atoms with Crippen LogP contribution < -0.4 is 15.4 Å². The quantitative estimate of drug-likeness (QED) is 0.404. The Morgan fingerprint density at radius 2 is 1.84 bits per heavy atom. The molecule has 1 saturated heterocycles. The molecule has 0 spiro atoms. The SMILES string of the molecule is Cc1ccc(OCC2CCN2C)cc1C(=O)NC1(c2cc(NC(=O)OC(C)(C)C)cc3ccccc23)CC1. The Bertz CT molecular complexity index is 1370. The first-order valence-corrected chi connectivity index (χ1v) is 13.3. The molecule has 200 valence electrons. The van der Waals surface area contributed by atoms with Crippen LogP contribution in [0, 0.1) is 6.92 Å². The molecule has 2 N–H and O–H groups in total. The van der Waals surface area contributed by atoms with Gasteiger partial charge >= 0.3 is 6.09 Å². The van der Waals surface area contributed by atoms with Crippen LogP contribution in [0.25, 0.3) is 10.8 Å². The Kier molecular flexibility index (Phi) is 6.82. The first-order chi connectivity index (χ1) is 18.0. The lowest BCUT2D eigenvalue weighted by molar-refractivity contribution is 0.0635. The van der Waals surface area contributed by atoms with Crippen LogP contribution in [0.1, 0.15) is 61.5 Å². The van der Waals surface area contributed by atoms with Crippen LogP contribution in [0.4, 0.5) is 10.5 Å². The van der Waals surface area contributed by atoms with Gasteiger partial charge < -0.3 is 14.8 Å². The number of nitrogens with one attached hydrogen (secondary N) is 2. The second-order valence-corrected chi connectivity index (χ2v) is 11.6. The third kappa shape index (κ3) is 5.63. The monoisotopic (exact) mass is 515 g/mol. The van der Waals surface area contributed by atoms with Crippen molar-refractivity contribution >= 4 is 28.5 Å². The fraction of sp³-hybridized carbons (Fsp3) is 0.419. The van der Waals surface area contributed by atoms with Gasteiger partial charge in [0.25, 0.3) is 5.91 Å². The average molecular weight is 516 g/mol. The van der Waals surface area contributed by atoms with Crippen LogP contribution >= 0.6 is 0 Å². The number of anilines is 1. The number of rotatable bonds is 7.